The van der Waals surface area contributed by atoms with E-state index >= 15 is 0 Å². The van der Waals surface area contributed by atoms with Crippen LogP contribution in [0.25, 0.3) is 0 Å². The molecular formula is C16H23N3O4S. The second kappa shape index (κ2) is 5.56. The molecule has 1 saturated heterocycles. The Kier molecular flexibility index (Phi) is 3.72. The van der Waals surface area contributed by atoms with Gasteiger partial charge in [-0.15, -0.1) is 0 Å². The molecule has 0 bridgehead atoms. The third kappa shape index (κ3) is 2.47. The summed E-state index contributed by atoms with van der Waals surface area (Å²) < 4.78 is 29.3. The van der Waals surface area contributed by atoms with Gasteiger partial charge in [-0.2, -0.15) is 9.40 Å². The molecule has 1 aromatic rings. The molecule has 24 heavy (non-hydrogen) atoms. The van der Waals surface area contributed by atoms with E-state index in [1.54, 1.807) is 7.05 Å². The van der Waals surface area contributed by atoms with E-state index in [0.717, 1.165) is 49.8 Å². The van der Waals surface area contributed by atoms with Gasteiger partial charge in [-0.1, -0.05) is 0 Å². The van der Waals surface area contributed by atoms with Gasteiger partial charge < -0.3 is 5.11 Å². The molecule has 0 unspecified atom stereocenters. The summed E-state index contributed by atoms with van der Waals surface area (Å²) in [6.07, 6.45) is 5.61. The number of hydrogen-bond donors (Lipinski definition) is 1. The minimum Gasteiger partial charge on any atom is -0.481 e. The van der Waals surface area contributed by atoms with Crippen LogP contribution in [-0.4, -0.2) is 46.7 Å². The van der Waals surface area contributed by atoms with Crippen molar-refractivity contribution in [3.05, 3.63) is 11.3 Å². The number of carboxylic acids is 1. The lowest BCUT2D eigenvalue weighted by molar-refractivity contribution is -0.142. The number of fused-ring (bicyclic) bond motifs is 1. The number of aryl methyl sites for hydroxylation is 2. The summed E-state index contributed by atoms with van der Waals surface area (Å²) in [5, 5.41) is 14.2. The molecule has 2 atom stereocenters. The maximum atomic E-state index is 13.2. The molecule has 4 rings (SSSR count). The fraction of sp³-hybridized carbons (Fsp3) is 0.750. The number of rotatable bonds is 4. The van der Waals surface area contributed by atoms with Crippen molar-refractivity contribution < 1.29 is 18.3 Å². The van der Waals surface area contributed by atoms with E-state index in [9.17, 15) is 18.3 Å². The minimum absolute atomic E-state index is 0.0543. The third-order valence-electron chi connectivity index (χ3n) is 5.72. The van der Waals surface area contributed by atoms with E-state index in [4.69, 9.17) is 0 Å². The fourth-order valence-corrected chi connectivity index (χ4v) is 6.22. The highest BCUT2D eigenvalue weighted by molar-refractivity contribution is 7.89. The molecule has 1 saturated carbocycles. The predicted molar refractivity (Wildman–Crippen MR) is 85.9 cm³/mol. The van der Waals surface area contributed by atoms with Crippen molar-refractivity contribution in [2.75, 3.05) is 13.1 Å². The highest BCUT2D eigenvalue weighted by Gasteiger charge is 2.49. The van der Waals surface area contributed by atoms with E-state index in [0.29, 0.717) is 12.5 Å². The van der Waals surface area contributed by atoms with E-state index < -0.39 is 21.9 Å². The Morgan fingerprint density at radius 2 is 1.92 bits per heavy atom. The maximum Gasteiger partial charge on any atom is 0.308 e. The number of aliphatic carboxylic acids is 1. The summed E-state index contributed by atoms with van der Waals surface area (Å²) in [7, 11) is -2.03. The first-order valence-corrected chi connectivity index (χ1v) is 10.1. The molecule has 0 aromatic carbocycles. The van der Waals surface area contributed by atoms with Crippen molar-refractivity contribution in [1.29, 1.82) is 0 Å². The maximum absolute atomic E-state index is 13.2. The first kappa shape index (κ1) is 16.1. The monoisotopic (exact) mass is 353 g/mol. The van der Waals surface area contributed by atoms with E-state index in [1.165, 1.54) is 8.99 Å². The van der Waals surface area contributed by atoms with Crippen LogP contribution in [-0.2, 0) is 34.7 Å². The zero-order valence-electron chi connectivity index (χ0n) is 13.8. The first-order valence-electron chi connectivity index (χ1n) is 8.67. The summed E-state index contributed by atoms with van der Waals surface area (Å²) in [4.78, 5) is 11.6. The SMILES string of the molecule is Cn1nc2c(c1S(=O)(=O)N1C[C@@H](C(=O)O)[C@H](C3CC3)C1)CCCC2. The number of carbonyl (C=O) groups is 1. The average Bonchev–Trinajstić information content (AvgIpc) is 3.15. The van der Waals surface area contributed by atoms with Crippen LogP contribution in [0.4, 0.5) is 0 Å². The Morgan fingerprint density at radius 1 is 1.21 bits per heavy atom. The molecule has 3 aliphatic rings. The molecule has 1 aromatic heterocycles. The second-order valence-corrected chi connectivity index (χ2v) is 9.18. The van der Waals surface area contributed by atoms with Gasteiger partial charge in [-0.25, -0.2) is 8.42 Å². The highest BCUT2D eigenvalue weighted by Crippen LogP contribution is 2.45. The van der Waals surface area contributed by atoms with Crippen LogP contribution in [0.5, 0.6) is 0 Å². The summed E-state index contributed by atoms with van der Waals surface area (Å²) in [6, 6.07) is 0. The lowest BCUT2D eigenvalue weighted by Crippen LogP contribution is -2.32. The Balaban J connectivity index is 1.69. The van der Waals surface area contributed by atoms with Crippen LogP contribution >= 0.6 is 0 Å². The van der Waals surface area contributed by atoms with E-state index in [2.05, 4.69) is 5.10 Å². The Morgan fingerprint density at radius 3 is 2.58 bits per heavy atom. The molecule has 1 aliphatic heterocycles. The van der Waals surface area contributed by atoms with Crippen LogP contribution < -0.4 is 0 Å². The van der Waals surface area contributed by atoms with Gasteiger partial charge in [-0.05, 0) is 50.4 Å². The van der Waals surface area contributed by atoms with Crippen molar-refractivity contribution in [2.24, 2.45) is 24.8 Å². The van der Waals surface area contributed by atoms with Gasteiger partial charge in [-0.3, -0.25) is 9.48 Å². The van der Waals surface area contributed by atoms with Gasteiger partial charge in [0, 0.05) is 25.7 Å². The molecule has 1 N–H and O–H groups in total. The smallest absolute Gasteiger partial charge is 0.308 e. The van der Waals surface area contributed by atoms with Crippen LogP contribution in [0.15, 0.2) is 5.03 Å². The topological polar surface area (TPSA) is 92.5 Å². The third-order valence-corrected chi connectivity index (χ3v) is 7.70. The van der Waals surface area contributed by atoms with Crippen LogP contribution in [0.2, 0.25) is 0 Å². The molecule has 132 valence electrons. The molecule has 0 amide bonds. The van der Waals surface area contributed by atoms with Crippen LogP contribution in [0.3, 0.4) is 0 Å². The number of nitrogens with zero attached hydrogens (tertiary/aromatic N) is 3. The average molecular weight is 353 g/mol. The molecule has 0 radical (unpaired) electrons. The van der Waals surface area contributed by atoms with Gasteiger partial charge in [0.1, 0.15) is 0 Å². The van der Waals surface area contributed by atoms with Crippen molar-refractivity contribution >= 4 is 16.0 Å². The summed E-state index contributed by atoms with van der Waals surface area (Å²) >= 11 is 0. The highest BCUT2D eigenvalue weighted by atomic mass is 32.2. The number of sulfonamides is 1. The Labute approximate surface area is 141 Å². The molecule has 2 fully saturated rings. The lowest BCUT2D eigenvalue weighted by Gasteiger charge is -2.18. The van der Waals surface area contributed by atoms with Crippen LogP contribution in [0.1, 0.15) is 36.9 Å². The van der Waals surface area contributed by atoms with Crippen molar-refractivity contribution in [1.82, 2.24) is 14.1 Å². The van der Waals surface area contributed by atoms with Gasteiger partial charge in [0.25, 0.3) is 10.0 Å². The zero-order valence-corrected chi connectivity index (χ0v) is 14.6. The molecule has 2 aliphatic carbocycles. The number of hydrogen-bond acceptors (Lipinski definition) is 4. The standard InChI is InChI=1S/C16H23N3O4S/c1-18-15(11-4-2-3-5-14(11)17-18)24(22,23)19-8-12(10-6-7-10)13(9-19)16(20)21/h10,12-13H,2-9H2,1H3,(H,20,21)/t12-,13+/m0/s1. The molecule has 0 spiro atoms. The van der Waals surface area contributed by atoms with Crippen molar-refractivity contribution in [3.8, 4) is 0 Å². The molecule has 2 heterocycles. The molecular weight excluding hydrogens is 330 g/mol. The summed E-state index contributed by atoms with van der Waals surface area (Å²) in [5.74, 6) is -1.15. The molecule has 7 nitrogen and oxygen atoms in total. The fourth-order valence-electron chi connectivity index (χ4n) is 4.35. The Bertz CT molecular complexity index is 781. The summed E-state index contributed by atoms with van der Waals surface area (Å²) in [5.41, 5.74) is 1.72. The Hall–Kier alpha value is -1.41. The van der Waals surface area contributed by atoms with Crippen molar-refractivity contribution in [2.45, 2.75) is 43.6 Å². The first-order chi connectivity index (χ1) is 11.4. The van der Waals surface area contributed by atoms with Crippen molar-refractivity contribution in [3.63, 3.8) is 0 Å². The van der Waals surface area contributed by atoms with E-state index in [-0.39, 0.29) is 17.5 Å². The number of carboxylic acid groups (broad SMARTS) is 1. The minimum atomic E-state index is -3.70. The largest absolute Gasteiger partial charge is 0.481 e. The number of aromatic nitrogens is 2. The van der Waals surface area contributed by atoms with E-state index in [1.807, 2.05) is 0 Å². The predicted octanol–water partition coefficient (Wildman–Crippen LogP) is 1.03. The zero-order chi connectivity index (χ0) is 17.1. The van der Waals surface area contributed by atoms with Gasteiger partial charge in [0.15, 0.2) is 5.03 Å². The van der Waals surface area contributed by atoms with Gasteiger partial charge >= 0.3 is 5.97 Å². The second-order valence-electron chi connectivity index (χ2n) is 7.33. The van der Waals surface area contributed by atoms with Gasteiger partial charge in [0.05, 0.1) is 11.6 Å². The quantitative estimate of drug-likeness (QED) is 0.873. The normalized spacial score (nSPS) is 28.0. The van der Waals surface area contributed by atoms with Crippen LogP contribution in [0, 0.1) is 17.8 Å². The molecule has 8 heteroatoms. The summed E-state index contributed by atoms with van der Waals surface area (Å²) in [6.45, 7) is 0.405. The van der Waals surface area contributed by atoms with Gasteiger partial charge in [0.2, 0.25) is 0 Å². The lowest BCUT2D eigenvalue weighted by atomic mass is 9.92.